The van der Waals surface area contributed by atoms with Gasteiger partial charge in [0.15, 0.2) is 0 Å². The molecule has 0 N–H and O–H groups in total. The number of halogens is 1. The van der Waals surface area contributed by atoms with Crippen molar-refractivity contribution in [2.45, 2.75) is 26.2 Å². The molecular weight excluding hydrogens is 204 g/mol. The second-order valence-corrected chi connectivity index (χ2v) is 4.98. The quantitative estimate of drug-likeness (QED) is 0.656. The third kappa shape index (κ3) is 1.65. The lowest BCUT2D eigenvalue weighted by Crippen LogP contribution is -2.10. The van der Waals surface area contributed by atoms with E-state index in [1.807, 2.05) is 5.38 Å². The third-order valence-corrected chi connectivity index (χ3v) is 3.87. The van der Waals surface area contributed by atoms with Crippen molar-refractivity contribution in [3.8, 4) is 0 Å². The van der Waals surface area contributed by atoms with E-state index in [1.54, 1.807) is 11.3 Å². The van der Waals surface area contributed by atoms with Gasteiger partial charge in [-0.15, -0.1) is 11.3 Å². The van der Waals surface area contributed by atoms with E-state index in [9.17, 15) is 4.79 Å². The fourth-order valence-electron chi connectivity index (χ4n) is 1.84. The zero-order valence-corrected chi connectivity index (χ0v) is 9.04. The van der Waals surface area contributed by atoms with Crippen LogP contribution < -0.4 is 0 Å². The molecule has 13 heavy (non-hydrogen) atoms. The van der Waals surface area contributed by atoms with Gasteiger partial charge in [-0.3, -0.25) is 4.79 Å². The van der Waals surface area contributed by atoms with E-state index in [0.29, 0.717) is 0 Å². The van der Waals surface area contributed by atoms with Crippen molar-refractivity contribution in [1.29, 1.82) is 0 Å². The number of carbonyl (C=O) groups excluding carboxylic acids is 1. The predicted molar refractivity (Wildman–Crippen MR) is 55.7 cm³/mol. The van der Waals surface area contributed by atoms with Crippen molar-refractivity contribution in [3.05, 3.63) is 21.4 Å². The van der Waals surface area contributed by atoms with Crippen molar-refractivity contribution in [2.75, 3.05) is 0 Å². The third-order valence-electron chi connectivity index (χ3n) is 2.61. The standard InChI is InChI=1S/C10H11ClOS/c1-6-2-3-7-8(10(11)12)5-13-9(7)4-6/h5-6H,2-4H2,1H3/t6-/m0/s1. The summed E-state index contributed by atoms with van der Waals surface area (Å²) in [6.45, 7) is 2.25. The van der Waals surface area contributed by atoms with Crippen LogP contribution in [0.15, 0.2) is 5.38 Å². The minimum atomic E-state index is -0.299. The summed E-state index contributed by atoms with van der Waals surface area (Å²) in [5, 5.41) is 1.60. The van der Waals surface area contributed by atoms with Gasteiger partial charge in [0.05, 0.1) is 0 Å². The number of thiophene rings is 1. The van der Waals surface area contributed by atoms with Gasteiger partial charge in [0, 0.05) is 15.8 Å². The first-order chi connectivity index (χ1) is 6.18. The van der Waals surface area contributed by atoms with Crippen molar-refractivity contribution in [3.63, 3.8) is 0 Å². The van der Waals surface area contributed by atoms with Crippen molar-refractivity contribution >= 4 is 28.2 Å². The van der Waals surface area contributed by atoms with Crippen LogP contribution in [0.5, 0.6) is 0 Å². The Morgan fingerprint density at radius 2 is 2.46 bits per heavy atom. The van der Waals surface area contributed by atoms with E-state index in [-0.39, 0.29) is 5.24 Å². The molecule has 0 saturated carbocycles. The largest absolute Gasteiger partial charge is 0.276 e. The number of rotatable bonds is 1. The highest BCUT2D eigenvalue weighted by Crippen LogP contribution is 2.33. The maximum absolute atomic E-state index is 11.0. The SMILES string of the molecule is C[C@H]1CCc2c(C(=O)Cl)csc2C1. The van der Waals surface area contributed by atoms with Gasteiger partial charge in [-0.25, -0.2) is 0 Å². The van der Waals surface area contributed by atoms with Gasteiger partial charge in [0.1, 0.15) is 0 Å². The van der Waals surface area contributed by atoms with E-state index < -0.39 is 0 Å². The number of fused-ring (bicyclic) bond motifs is 1. The summed E-state index contributed by atoms with van der Waals surface area (Å²) in [6.07, 6.45) is 3.32. The second-order valence-electron chi connectivity index (χ2n) is 3.67. The lowest BCUT2D eigenvalue weighted by molar-refractivity contribution is 0.108. The molecule has 1 heterocycles. The molecule has 3 heteroatoms. The topological polar surface area (TPSA) is 17.1 Å². The number of hydrogen-bond donors (Lipinski definition) is 0. The molecule has 0 aliphatic heterocycles. The van der Waals surface area contributed by atoms with Gasteiger partial charge in [0.2, 0.25) is 0 Å². The molecule has 1 aromatic heterocycles. The van der Waals surface area contributed by atoms with E-state index in [4.69, 9.17) is 11.6 Å². The Kier molecular flexibility index (Phi) is 2.43. The monoisotopic (exact) mass is 214 g/mol. The van der Waals surface area contributed by atoms with Gasteiger partial charge in [0.25, 0.3) is 5.24 Å². The van der Waals surface area contributed by atoms with E-state index in [0.717, 1.165) is 24.3 Å². The lowest BCUT2D eigenvalue weighted by Gasteiger charge is -2.18. The Morgan fingerprint density at radius 1 is 1.69 bits per heavy atom. The minimum absolute atomic E-state index is 0.299. The van der Waals surface area contributed by atoms with Gasteiger partial charge in [-0.1, -0.05) is 6.92 Å². The molecule has 0 unspecified atom stereocenters. The summed E-state index contributed by atoms with van der Waals surface area (Å²) in [5.41, 5.74) is 1.96. The zero-order valence-electron chi connectivity index (χ0n) is 7.47. The maximum Gasteiger partial charge on any atom is 0.253 e. The van der Waals surface area contributed by atoms with Crippen LogP contribution in [0.2, 0.25) is 0 Å². The number of carbonyl (C=O) groups is 1. The molecule has 0 radical (unpaired) electrons. The van der Waals surface area contributed by atoms with E-state index in [2.05, 4.69) is 6.92 Å². The summed E-state index contributed by atoms with van der Waals surface area (Å²) in [5.74, 6) is 0.754. The fraction of sp³-hybridized carbons (Fsp3) is 0.500. The molecule has 0 amide bonds. The molecule has 0 fully saturated rings. The lowest BCUT2D eigenvalue weighted by atomic mass is 9.89. The highest BCUT2D eigenvalue weighted by Gasteiger charge is 2.21. The van der Waals surface area contributed by atoms with E-state index in [1.165, 1.54) is 16.9 Å². The molecular formula is C10H11ClOS. The zero-order chi connectivity index (χ0) is 9.42. The molecule has 1 aliphatic rings. The van der Waals surface area contributed by atoms with Crippen LogP contribution in [0.1, 0.15) is 34.1 Å². The van der Waals surface area contributed by atoms with Crippen LogP contribution in [0.25, 0.3) is 0 Å². The van der Waals surface area contributed by atoms with Crippen LogP contribution in [0.4, 0.5) is 0 Å². The van der Waals surface area contributed by atoms with Gasteiger partial charge < -0.3 is 0 Å². The van der Waals surface area contributed by atoms with E-state index >= 15 is 0 Å². The molecule has 1 nitrogen and oxygen atoms in total. The molecule has 0 aromatic carbocycles. The fourth-order valence-corrected chi connectivity index (χ4v) is 3.32. The molecule has 2 rings (SSSR count). The highest BCUT2D eigenvalue weighted by molar-refractivity contribution is 7.10. The summed E-state index contributed by atoms with van der Waals surface area (Å²) in [4.78, 5) is 12.4. The normalized spacial score (nSPS) is 21.2. The summed E-state index contributed by atoms with van der Waals surface area (Å²) < 4.78 is 0. The average molecular weight is 215 g/mol. The Morgan fingerprint density at radius 3 is 3.15 bits per heavy atom. The van der Waals surface area contributed by atoms with Gasteiger partial charge in [-0.05, 0) is 42.3 Å². The number of hydrogen-bond acceptors (Lipinski definition) is 2. The molecule has 0 spiro atoms. The molecule has 1 aliphatic carbocycles. The average Bonchev–Trinajstić information content (AvgIpc) is 2.46. The van der Waals surface area contributed by atoms with Gasteiger partial charge >= 0.3 is 0 Å². The molecule has 70 valence electrons. The van der Waals surface area contributed by atoms with Crippen LogP contribution in [-0.2, 0) is 12.8 Å². The first kappa shape index (κ1) is 9.22. The summed E-state index contributed by atoms with van der Waals surface area (Å²) in [7, 11) is 0. The van der Waals surface area contributed by atoms with Crippen molar-refractivity contribution in [2.24, 2.45) is 5.92 Å². The first-order valence-corrected chi connectivity index (χ1v) is 5.73. The summed E-state index contributed by atoms with van der Waals surface area (Å²) >= 11 is 7.16. The Balaban J connectivity index is 2.39. The molecule has 1 atom stereocenters. The summed E-state index contributed by atoms with van der Waals surface area (Å²) in [6, 6.07) is 0. The van der Waals surface area contributed by atoms with Crippen LogP contribution >= 0.6 is 22.9 Å². The van der Waals surface area contributed by atoms with Crippen molar-refractivity contribution in [1.82, 2.24) is 0 Å². The molecule has 0 bridgehead atoms. The van der Waals surface area contributed by atoms with Crippen molar-refractivity contribution < 1.29 is 4.79 Å². The minimum Gasteiger partial charge on any atom is -0.276 e. The Hall–Kier alpha value is -0.340. The van der Waals surface area contributed by atoms with Crippen LogP contribution in [-0.4, -0.2) is 5.24 Å². The molecule has 0 saturated heterocycles. The Labute approximate surface area is 86.7 Å². The second kappa shape index (κ2) is 3.43. The Bertz CT molecular complexity index is 343. The van der Waals surface area contributed by atoms with Crippen LogP contribution in [0.3, 0.4) is 0 Å². The molecule has 1 aromatic rings. The smallest absolute Gasteiger partial charge is 0.253 e. The first-order valence-electron chi connectivity index (χ1n) is 4.47. The predicted octanol–water partition coefficient (Wildman–Crippen LogP) is 3.25. The highest BCUT2D eigenvalue weighted by atomic mass is 35.5. The van der Waals surface area contributed by atoms with Gasteiger partial charge in [-0.2, -0.15) is 0 Å². The maximum atomic E-state index is 11.0. The van der Waals surface area contributed by atoms with Crippen LogP contribution in [0, 0.1) is 5.92 Å².